The van der Waals surface area contributed by atoms with E-state index in [9.17, 15) is 18.3 Å². The van der Waals surface area contributed by atoms with Crippen molar-refractivity contribution < 1.29 is 18.3 Å². The van der Waals surface area contributed by atoms with E-state index >= 15 is 0 Å². The second kappa shape index (κ2) is 6.17. The molecule has 2 unspecified atom stereocenters. The molecule has 1 saturated carbocycles. The maximum atomic E-state index is 12.3. The van der Waals surface area contributed by atoms with E-state index in [1.54, 1.807) is 0 Å². The van der Waals surface area contributed by atoms with Crippen LogP contribution in [0.15, 0.2) is 30.3 Å². The first-order valence-electron chi connectivity index (χ1n) is 7.25. The molecular formula is C16H21F3O. The highest BCUT2D eigenvalue weighted by molar-refractivity contribution is 5.23. The second-order valence-electron chi connectivity index (χ2n) is 5.78. The number of halogens is 3. The molecule has 0 aromatic heterocycles. The van der Waals surface area contributed by atoms with Crippen molar-refractivity contribution in [1.29, 1.82) is 0 Å². The fraction of sp³-hybridized carbons (Fsp3) is 0.625. The van der Waals surface area contributed by atoms with Crippen LogP contribution in [0.1, 0.15) is 56.4 Å². The van der Waals surface area contributed by atoms with Crippen LogP contribution < -0.4 is 0 Å². The van der Waals surface area contributed by atoms with Crippen LogP contribution in [0.5, 0.6) is 0 Å². The van der Waals surface area contributed by atoms with Gasteiger partial charge >= 0.3 is 6.18 Å². The molecule has 1 nitrogen and oxygen atoms in total. The lowest BCUT2D eigenvalue weighted by molar-refractivity contribution is -0.139. The van der Waals surface area contributed by atoms with E-state index in [0.717, 1.165) is 24.8 Å². The highest BCUT2D eigenvalue weighted by Crippen LogP contribution is 2.44. The van der Waals surface area contributed by atoms with Crippen molar-refractivity contribution in [1.82, 2.24) is 0 Å². The summed E-state index contributed by atoms with van der Waals surface area (Å²) in [7, 11) is 0. The van der Waals surface area contributed by atoms with E-state index < -0.39 is 18.2 Å². The van der Waals surface area contributed by atoms with Crippen LogP contribution in [-0.2, 0) is 0 Å². The number of hydrogen-bond acceptors (Lipinski definition) is 1. The Balaban J connectivity index is 2.05. The van der Waals surface area contributed by atoms with Gasteiger partial charge in [-0.3, -0.25) is 0 Å². The minimum Gasteiger partial charge on any atom is -0.389 e. The van der Waals surface area contributed by atoms with Gasteiger partial charge in [-0.05, 0) is 31.2 Å². The first kappa shape index (κ1) is 15.4. The van der Waals surface area contributed by atoms with E-state index in [1.165, 1.54) is 0 Å². The van der Waals surface area contributed by atoms with Crippen LogP contribution in [0.2, 0.25) is 0 Å². The van der Waals surface area contributed by atoms with Gasteiger partial charge in [0.2, 0.25) is 0 Å². The van der Waals surface area contributed by atoms with Gasteiger partial charge in [0.15, 0.2) is 0 Å². The van der Waals surface area contributed by atoms with Crippen molar-refractivity contribution in [3.05, 3.63) is 35.9 Å². The molecule has 1 aromatic carbocycles. The van der Waals surface area contributed by atoms with Crippen LogP contribution in [-0.4, -0.2) is 16.9 Å². The van der Waals surface area contributed by atoms with Crippen molar-refractivity contribution in [2.24, 2.45) is 0 Å². The molecule has 20 heavy (non-hydrogen) atoms. The van der Waals surface area contributed by atoms with Crippen molar-refractivity contribution in [2.75, 3.05) is 0 Å². The molecule has 0 heterocycles. The number of alkyl halides is 3. The Hall–Kier alpha value is -1.03. The Bertz CT molecular complexity index is 415. The monoisotopic (exact) mass is 286 g/mol. The van der Waals surface area contributed by atoms with Gasteiger partial charge in [-0.1, -0.05) is 43.2 Å². The molecule has 4 heteroatoms. The second-order valence-corrected chi connectivity index (χ2v) is 5.78. The van der Waals surface area contributed by atoms with E-state index in [1.807, 2.05) is 30.3 Å². The predicted molar refractivity (Wildman–Crippen MR) is 72.5 cm³/mol. The Morgan fingerprint density at radius 2 is 1.85 bits per heavy atom. The van der Waals surface area contributed by atoms with Crippen LogP contribution in [0.3, 0.4) is 0 Å². The lowest BCUT2D eigenvalue weighted by atomic mass is 9.70. The fourth-order valence-corrected chi connectivity index (χ4v) is 3.28. The number of hydrogen-bond donors (Lipinski definition) is 1. The molecule has 1 fully saturated rings. The van der Waals surface area contributed by atoms with Crippen LogP contribution in [0, 0.1) is 0 Å². The molecule has 1 N–H and O–H groups in total. The van der Waals surface area contributed by atoms with Crippen molar-refractivity contribution in [3.63, 3.8) is 0 Å². The Labute approximate surface area is 117 Å². The molecule has 0 aliphatic heterocycles. The summed E-state index contributed by atoms with van der Waals surface area (Å²) in [5.41, 5.74) is 0.0620. The molecule has 0 bridgehead atoms. The average Bonchev–Trinajstić information content (AvgIpc) is 2.38. The molecule has 0 saturated heterocycles. The Morgan fingerprint density at radius 1 is 1.15 bits per heavy atom. The smallest absolute Gasteiger partial charge is 0.389 e. The average molecular weight is 286 g/mol. The third-order valence-corrected chi connectivity index (χ3v) is 4.27. The van der Waals surface area contributed by atoms with Crippen molar-refractivity contribution >= 4 is 0 Å². The molecule has 0 spiro atoms. The fourth-order valence-electron chi connectivity index (χ4n) is 3.28. The quantitative estimate of drug-likeness (QED) is 0.842. The summed E-state index contributed by atoms with van der Waals surface area (Å²) < 4.78 is 36.8. The van der Waals surface area contributed by atoms with Gasteiger partial charge < -0.3 is 5.11 Å². The molecule has 1 aliphatic carbocycles. The Kier molecular flexibility index (Phi) is 4.74. The van der Waals surface area contributed by atoms with Gasteiger partial charge in [-0.25, -0.2) is 0 Å². The SMILES string of the molecule is OC1(CCCC(F)(F)F)CCCCC1c1ccccc1. The maximum Gasteiger partial charge on any atom is 0.389 e. The minimum atomic E-state index is -4.13. The van der Waals surface area contributed by atoms with E-state index in [4.69, 9.17) is 0 Å². The molecule has 112 valence electrons. The summed E-state index contributed by atoms with van der Waals surface area (Å²) in [6.45, 7) is 0. The van der Waals surface area contributed by atoms with Crippen molar-refractivity contribution in [3.8, 4) is 0 Å². The summed E-state index contributed by atoms with van der Waals surface area (Å²) in [4.78, 5) is 0. The standard InChI is InChI=1S/C16H21F3O/c17-16(18,19)12-6-11-15(20)10-5-4-9-14(15)13-7-2-1-3-8-13/h1-3,7-8,14,20H,4-6,9-12H2. The number of aliphatic hydroxyl groups is 1. The zero-order valence-corrected chi connectivity index (χ0v) is 11.5. The summed E-state index contributed by atoms with van der Waals surface area (Å²) in [6.07, 6.45) is -1.33. The van der Waals surface area contributed by atoms with Gasteiger partial charge in [-0.15, -0.1) is 0 Å². The lowest BCUT2D eigenvalue weighted by Crippen LogP contribution is -2.39. The van der Waals surface area contributed by atoms with Gasteiger partial charge in [0.05, 0.1) is 5.60 Å². The molecule has 1 aromatic rings. The van der Waals surface area contributed by atoms with E-state index in [2.05, 4.69) is 0 Å². The lowest BCUT2D eigenvalue weighted by Gasteiger charge is -2.40. The summed E-state index contributed by atoms with van der Waals surface area (Å²) in [5, 5.41) is 10.8. The normalized spacial score (nSPS) is 27.5. The third kappa shape index (κ3) is 3.98. The van der Waals surface area contributed by atoms with Gasteiger partial charge in [0.25, 0.3) is 0 Å². The molecule has 0 amide bonds. The molecule has 1 aliphatic rings. The van der Waals surface area contributed by atoms with Gasteiger partial charge in [0, 0.05) is 12.3 Å². The van der Waals surface area contributed by atoms with E-state index in [-0.39, 0.29) is 18.8 Å². The first-order chi connectivity index (χ1) is 9.41. The summed E-state index contributed by atoms with van der Waals surface area (Å²) >= 11 is 0. The minimum absolute atomic E-state index is 0.00331. The topological polar surface area (TPSA) is 20.2 Å². The van der Waals surface area contributed by atoms with E-state index in [0.29, 0.717) is 6.42 Å². The largest absolute Gasteiger partial charge is 0.389 e. The highest BCUT2D eigenvalue weighted by Gasteiger charge is 2.40. The molecule has 2 rings (SSSR count). The third-order valence-electron chi connectivity index (χ3n) is 4.27. The van der Waals surface area contributed by atoms with Crippen molar-refractivity contribution in [2.45, 2.75) is 62.6 Å². The molecule has 0 radical (unpaired) electrons. The number of rotatable bonds is 4. The van der Waals surface area contributed by atoms with Crippen LogP contribution >= 0.6 is 0 Å². The molecular weight excluding hydrogens is 265 g/mol. The van der Waals surface area contributed by atoms with Crippen LogP contribution in [0.4, 0.5) is 13.2 Å². The maximum absolute atomic E-state index is 12.3. The number of benzene rings is 1. The zero-order chi connectivity index (χ0) is 14.6. The zero-order valence-electron chi connectivity index (χ0n) is 11.5. The predicted octanol–water partition coefficient (Wildman–Crippen LogP) is 4.81. The van der Waals surface area contributed by atoms with Crippen LogP contribution in [0.25, 0.3) is 0 Å². The van der Waals surface area contributed by atoms with Gasteiger partial charge in [0.1, 0.15) is 0 Å². The summed E-state index contributed by atoms with van der Waals surface area (Å²) in [5.74, 6) is -0.0364. The van der Waals surface area contributed by atoms with Gasteiger partial charge in [-0.2, -0.15) is 13.2 Å². The molecule has 2 atom stereocenters. The Morgan fingerprint density at radius 3 is 2.50 bits per heavy atom. The first-order valence-corrected chi connectivity index (χ1v) is 7.25. The summed E-state index contributed by atoms with van der Waals surface area (Å²) in [6, 6.07) is 9.67. The highest BCUT2D eigenvalue weighted by atomic mass is 19.4.